The van der Waals surface area contributed by atoms with E-state index in [1.54, 1.807) is 7.11 Å². The van der Waals surface area contributed by atoms with E-state index in [9.17, 15) is 0 Å². The highest BCUT2D eigenvalue weighted by Crippen LogP contribution is 2.48. The fraction of sp³-hybridized carbons (Fsp3) is 1.00. The quantitative estimate of drug-likeness (QED) is 0.733. The molecule has 0 saturated heterocycles. The fourth-order valence-corrected chi connectivity index (χ4v) is 3.45. The summed E-state index contributed by atoms with van der Waals surface area (Å²) in [6, 6.07) is 0. The second-order valence-electron chi connectivity index (χ2n) is 6.91. The van der Waals surface area contributed by atoms with Gasteiger partial charge < -0.3 is 15.8 Å². The summed E-state index contributed by atoms with van der Waals surface area (Å²) in [6.45, 7) is 5.35. The van der Waals surface area contributed by atoms with Gasteiger partial charge in [0.15, 0.2) is 0 Å². The van der Waals surface area contributed by atoms with Crippen LogP contribution in [0.2, 0.25) is 0 Å². The summed E-state index contributed by atoms with van der Waals surface area (Å²) in [5, 5.41) is 3.65. The number of hydrogen-bond donors (Lipinski definition) is 2. The van der Waals surface area contributed by atoms with Crippen molar-refractivity contribution >= 4 is 0 Å². The zero-order valence-corrected chi connectivity index (χ0v) is 12.1. The van der Waals surface area contributed by atoms with Crippen LogP contribution in [0.25, 0.3) is 0 Å². The molecule has 0 aromatic heterocycles. The van der Waals surface area contributed by atoms with Gasteiger partial charge in [-0.25, -0.2) is 0 Å². The lowest BCUT2D eigenvalue weighted by Gasteiger charge is -2.37. The van der Waals surface area contributed by atoms with Gasteiger partial charge in [-0.1, -0.05) is 19.8 Å². The van der Waals surface area contributed by atoms with Gasteiger partial charge in [0.05, 0.1) is 0 Å². The lowest BCUT2D eigenvalue weighted by molar-refractivity contribution is 0.168. The Morgan fingerprint density at radius 1 is 1.28 bits per heavy atom. The number of nitrogens with one attached hydrogen (secondary N) is 1. The van der Waals surface area contributed by atoms with Gasteiger partial charge in [-0.2, -0.15) is 0 Å². The van der Waals surface area contributed by atoms with Gasteiger partial charge in [-0.3, -0.25) is 0 Å². The van der Waals surface area contributed by atoms with E-state index in [4.69, 9.17) is 10.5 Å². The molecular formula is C15H30N2O. The van der Waals surface area contributed by atoms with Crippen molar-refractivity contribution < 1.29 is 4.74 Å². The van der Waals surface area contributed by atoms with E-state index < -0.39 is 0 Å². The van der Waals surface area contributed by atoms with Crippen molar-refractivity contribution in [2.24, 2.45) is 17.1 Å². The maximum Gasteiger partial charge on any atom is 0.0468 e. The molecule has 0 amide bonds. The van der Waals surface area contributed by atoms with Crippen LogP contribution in [-0.2, 0) is 4.74 Å². The van der Waals surface area contributed by atoms with Gasteiger partial charge in [0.2, 0.25) is 0 Å². The molecule has 2 rings (SSSR count). The van der Waals surface area contributed by atoms with Gasteiger partial charge in [0, 0.05) is 32.3 Å². The van der Waals surface area contributed by atoms with Crippen LogP contribution in [0.3, 0.4) is 0 Å². The van der Waals surface area contributed by atoms with Crippen molar-refractivity contribution in [3.8, 4) is 0 Å². The van der Waals surface area contributed by atoms with Crippen LogP contribution in [0.15, 0.2) is 0 Å². The first-order valence-electron chi connectivity index (χ1n) is 7.56. The highest BCUT2D eigenvalue weighted by Gasteiger charge is 2.42. The fourth-order valence-electron chi connectivity index (χ4n) is 3.45. The number of ether oxygens (including phenoxy) is 1. The third kappa shape index (κ3) is 3.94. The molecule has 0 aromatic rings. The lowest BCUT2D eigenvalue weighted by Crippen LogP contribution is -2.52. The molecule has 3 nitrogen and oxygen atoms in total. The average molecular weight is 254 g/mol. The molecule has 0 heterocycles. The third-order valence-corrected chi connectivity index (χ3v) is 4.90. The first-order chi connectivity index (χ1) is 8.58. The molecule has 0 aliphatic heterocycles. The predicted molar refractivity (Wildman–Crippen MR) is 75.6 cm³/mol. The molecule has 0 bridgehead atoms. The van der Waals surface area contributed by atoms with E-state index in [-0.39, 0.29) is 5.54 Å². The largest absolute Gasteiger partial charge is 0.385 e. The number of hydrogen-bond acceptors (Lipinski definition) is 3. The Kier molecular flexibility index (Phi) is 4.68. The zero-order chi connectivity index (χ0) is 13.1. The SMILES string of the molecule is COCCC1(CNCC2(N)CCCC(C)C2)CC1. The molecule has 3 heteroatoms. The van der Waals surface area contributed by atoms with Crippen LogP contribution in [0.5, 0.6) is 0 Å². The maximum atomic E-state index is 6.51. The van der Waals surface area contributed by atoms with E-state index in [0.29, 0.717) is 5.41 Å². The smallest absolute Gasteiger partial charge is 0.0468 e. The van der Waals surface area contributed by atoms with Gasteiger partial charge in [0.25, 0.3) is 0 Å². The topological polar surface area (TPSA) is 47.3 Å². The van der Waals surface area contributed by atoms with Crippen LogP contribution in [0, 0.1) is 11.3 Å². The number of nitrogens with two attached hydrogens (primary N) is 1. The van der Waals surface area contributed by atoms with Crippen molar-refractivity contribution in [1.29, 1.82) is 0 Å². The standard InChI is InChI=1S/C15H30N2O/c1-13-4-3-5-15(16,10-13)12-17-11-14(6-7-14)8-9-18-2/h13,17H,3-12,16H2,1-2H3. The van der Waals surface area contributed by atoms with Gasteiger partial charge in [-0.05, 0) is 43.4 Å². The molecule has 2 saturated carbocycles. The summed E-state index contributed by atoms with van der Waals surface area (Å²) in [7, 11) is 1.79. The summed E-state index contributed by atoms with van der Waals surface area (Å²) in [6.07, 6.45) is 8.95. The van der Waals surface area contributed by atoms with Crippen molar-refractivity contribution in [3.05, 3.63) is 0 Å². The molecule has 2 aliphatic rings. The second-order valence-corrected chi connectivity index (χ2v) is 6.91. The Hall–Kier alpha value is -0.120. The van der Waals surface area contributed by atoms with E-state index in [2.05, 4.69) is 12.2 Å². The summed E-state index contributed by atoms with van der Waals surface area (Å²) < 4.78 is 5.20. The zero-order valence-electron chi connectivity index (χ0n) is 12.1. The number of rotatable bonds is 7. The molecule has 2 unspecified atom stereocenters. The lowest BCUT2D eigenvalue weighted by atomic mass is 9.77. The Labute approximate surface area is 112 Å². The predicted octanol–water partition coefficient (Wildman–Crippen LogP) is 2.30. The Bertz CT molecular complexity index is 265. The second kappa shape index (κ2) is 5.89. The van der Waals surface area contributed by atoms with Gasteiger partial charge in [0.1, 0.15) is 0 Å². The van der Waals surface area contributed by atoms with Gasteiger partial charge >= 0.3 is 0 Å². The van der Waals surface area contributed by atoms with Crippen LogP contribution in [-0.4, -0.2) is 32.3 Å². The number of methoxy groups -OCH3 is 1. The molecule has 0 radical (unpaired) electrons. The molecule has 18 heavy (non-hydrogen) atoms. The molecule has 3 N–H and O–H groups in total. The van der Waals surface area contributed by atoms with Crippen molar-refractivity contribution in [2.75, 3.05) is 26.8 Å². The average Bonchev–Trinajstić information content (AvgIpc) is 3.06. The van der Waals surface area contributed by atoms with E-state index >= 15 is 0 Å². The Morgan fingerprint density at radius 3 is 2.67 bits per heavy atom. The van der Waals surface area contributed by atoms with Crippen LogP contribution >= 0.6 is 0 Å². The van der Waals surface area contributed by atoms with Crippen LogP contribution in [0.4, 0.5) is 0 Å². The summed E-state index contributed by atoms with van der Waals surface area (Å²) in [5.41, 5.74) is 7.10. The van der Waals surface area contributed by atoms with Gasteiger partial charge in [-0.15, -0.1) is 0 Å². The van der Waals surface area contributed by atoms with E-state index in [0.717, 1.165) is 25.6 Å². The third-order valence-electron chi connectivity index (χ3n) is 4.90. The molecule has 2 aliphatic carbocycles. The van der Waals surface area contributed by atoms with Crippen LogP contribution < -0.4 is 11.1 Å². The molecule has 2 fully saturated rings. The Balaban J connectivity index is 1.68. The normalized spacial score (nSPS) is 34.5. The first-order valence-corrected chi connectivity index (χ1v) is 7.56. The van der Waals surface area contributed by atoms with E-state index in [1.807, 2.05) is 0 Å². The molecule has 106 valence electrons. The molecule has 2 atom stereocenters. The minimum absolute atomic E-state index is 0.0506. The first kappa shape index (κ1) is 14.3. The summed E-state index contributed by atoms with van der Waals surface area (Å²) >= 11 is 0. The Morgan fingerprint density at radius 2 is 2.06 bits per heavy atom. The highest BCUT2D eigenvalue weighted by molar-refractivity contribution is 4.97. The maximum absolute atomic E-state index is 6.51. The van der Waals surface area contributed by atoms with E-state index in [1.165, 1.54) is 44.9 Å². The minimum atomic E-state index is 0.0506. The summed E-state index contributed by atoms with van der Waals surface area (Å²) in [5.74, 6) is 0.800. The molecule has 0 spiro atoms. The summed E-state index contributed by atoms with van der Waals surface area (Å²) in [4.78, 5) is 0. The monoisotopic (exact) mass is 254 g/mol. The van der Waals surface area contributed by atoms with Crippen molar-refractivity contribution in [1.82, 2.24) is 5.32 Å². The highest BCUT2D eigenvalue weighted by atomic mass is 16.5. The van der Waals surface area contributed by atoms with Crippen molar-refractivity contribution in [2.45, 2.75) is 57.4 Å². The minimum Gasteiger partial charge on any atom is -0.385 e. The molecular weight excluding hydrogens is 224 g/mol. The molecule has 0 aromatic carbocycles. The van der Waals surface area contributed by atoms with Crippen LogP contribution in [0.1, 0.15) is 51.9 Å². The van der Waals surface area contributed by atoms with Crippen molar-refractivity contribution in [3.63, 3.8) is 0 Å².